The maximum absolute atomic E-state index is 12.7. The van der Waals surface area contributed by atoms with E-state index in [-0.39, 0.29) is 17.3 Å². The summed E-state index contributed by atoms with van der Waals surface area (Å²) in [5, 5.41) is 6.95. The van der Waals surface area contributed by atoms with Crippen molar-refractivity contribution in [3.05, 3.63) is 45.7 Å². The van der Waals surface area contributed by atoms with Crippen LogP contribution in [0.4, 0.5) is 24.8 Å². The number of benzene rings is 1. The van der Waals surface area contributed by atoms with Crippen LogP contribution in [0.3, 0.4) is 0 Å². The SMILES string of the molecule is Cn1nc(C(N)=O)c2c1-c1nc(Nc3cc(Br)ccc3OC(F)(F)F)ncc1CC2. The van der Waals surface area contributed by atoms with Crippen molar-refractivity contribution in [3.8, 4) is 17.1 Å². The lowest BCUT2D eigenvalue weighted by molar-refractivity contribution is -0.274. The molecular formula is C18H14BrF3N6O2. The van der Waals surface area contributed by atoms with Crippen molar-refractivity contribution in [1.29, 1.82) is 0 Å². The number of hydrogen-bond acceptors (Lipinski definition) is 6. The standard InChI is InChI=1S/C18H14BrF3N6O2/c1-28-15-10(14(27-28)16(23)29)4-2-8-7-24-17(26-13(8)15)25-11-6-9(19)3-5-12(11)30-18(20,21)22/h3,5-7H,2,4H2,1H3,(H2,23,29)(H,24,25,26). The van der Waals surface area contributed by atoms with E-state index in [0.717, 1.165) is 5.56 Å². The second kappa shape index (κ2) is 7.27. The van der Waals surface area contributed by atoms with Crippen molar-refractivity contribution in [2.45, 2.75) is 19.2 Å². The van der Waals surface area contributed by atoms with Crippen molar-refractivity contribution in [2.75, 3.05) is 5.32 Å². The first kappa shape index (κ1) is 20.1. The van der Waals surface area contributed by atoms with Gasteiger partial charge in [-0.15, -0.1) is 13.2 Å². The molecule has 2 aromatic heterocycles. The Balaban J connectivity index is 1.74. The highest BCUT2D eigenvalue weighted by Crippen LogP contribution is 2.36. The average Bonchev–Trinajstić information content (AvgIpc) is 3.00. The van der Waals surface area contributed by atoms with Gasteiger partial charge < -0.3 is 15.8 Å². The minimum Gasteiger partial charge on any atom is -0.404 e. The van der Waals surface area contributed by atoms with Gasteiger partial charge in [0.05, 0.1) is 17.1 Å². The second-order valence-electron chi connectivity index (χ2n) is 6.54. The van der Waals surface area contributed by atoms with E-state index in [1.165, 1.54) is 22.9 Å². The van der Waals surface area contributed by atoms with Crippen LogP contribution in [0.15, 0.2) is 28.9 Å². The third kappa shape index (κ3) is 3.82. The first-order chi connectivity index (χ1) is 14.1. The Morgan fingerprint density at radius 3 is 2.80 bits per heavy atom. The zero-order valence-electron chi connectivity index (χ0n) is 15.4. The zero-order valence-corrected chi connectivity index (χ0v) is 17.0. The molecule has 1 amide bonds. The maximum atomic E-state index is 12.7. The largest absolute Gasteiger partial charge is 0.573 e. The van der Waals surface area contributed by atoms with Gasteiger partial charge >= 0.3 is 6.36 Å². The van der Waals surface area contributed by atoms with Crippen LogP contribution in [0, 0.1) is 0 Å². The first-order valence-electron chi connectivity index (χ1n) is 8.66. The lowest BCUT2D eigenvalue weighted by Crippen LogP contribution is -2.18. The fraction of sp³-hybridized carbons (Fsp3) is 0.222. The number of nitrogens with two attached hydrogens (primary N) is 1. The molecule has 0 aliphatic heterocycles. The second-order valence-corrected chi connectivity index (χ2v) is 7.46. The van der Waals surface area contributed by atoms with Gasteiger partial charge in [0.15, 0.2) is 11.4 Å². The van der Waals surface area contributed by atoms with Crippen LogP contribution in [0.2, 0.25) is 0 Å². The Kier molecular flexibility index (Phi) is 4.88. The Labute approximate surface area is 176 Å². The summed E-state index contributed by atoms with van der Waals surface area (Å²) in [4.78, 5) is 20.3. The summed E-state index contributed by atoms with van der Waals surface area (Å²) in [6.45, 7) is 0. The van der Waals surface area contributed by atoms with Gasteiger partial charge in [0.1, 0.15) is 0 Å². The highest BCUT2D eigenvalue weighted by molar-refractivity contribution is 9.10. The van der Waals surface area contributed by atoms with E-state index in [0.29, 0.717) is 34.3 Å². The molecule has 8 nitrogen and oxygen atoms in total. The van der Waals surface area contributed by atoms with Gasteiger partial charge in [0.2, 0.25) is 5.95 Å². The monoisotopic (exact) mass is 482 g/mol. The summed E-state index contributed by atoms with van der Waals surface area (Å²) in [5.41, 5.74) is 8.29. The molecule has 0 radical (unpaired) electrons. The molecule has 4 rings (SSSR count). The zero-order chi connectivity index (χ0) is 21.6. The van der Waals surface area contributed by atoms with Crippen molar-refractivity contribution >= 4 is 33.5 Å². The van der Waals surface area contributed by atoms with Gasteiger partial charge in [-0.1, -0.05) is 15.9 Å². The van der Waals surface area contributed by atoms with Crippen LogP contribution in [-0.4, -0.2) is 32.0 Å². The molecule has 1 aliphatic rings. The van der Waals surface area contributed by atoms with Gasteiger partial charge in [0.25, 0.3) is 5.91 Å². The number of nitrogens with one attached hydrogen (secondary N) is 1. The van der Waals surface area contributed by atoms with Crippen LogP contribution >= 0.6 is 15.9 Å². The molecule has 1 aliphatic carbocycles. The van der Waals surface area contributed by atoms with Gasteiger partial charge in [-0.2, -0.15) is 5.10 Å². The minimum absolute atomic E-state index is 0.0283. The molecule has 12 heteroatoms. The van der Waals surface area contributed by atoms with E-state index in [1.807, 2.05) is 0 Å². The van der Waals surface area contributed by atoms with Crippen molar-refractivity contribution in [2.24, 2.45) is 12.8 Å². The third-order valence-electron chi connectivity index (χ3n) is 4.53. The molecule has 0 saturated carbocycles. The normalized spacial score (nSPS) is 12.8. The lowest BCUT2D eigenvalue weighted by Gasteiger charge is -2.18. The number of primary amides is 1. The van der Waals surface area contributed by atoms with E-state index >= 15 is 0 Å². The summed E-state index contributed by atoms with van der Waals surface area (Å²) in [6.07, 6.45) is -2.13. The van der Waals surface area contributed by atoms with Gasteiger partial charge in [-0.3, -0.25) is 9.48 Å². The smallest absolute Gasteiger partial charge is 0.404 e. The van der Waals surface area contributed by atoms with Crippen LogP contribution in [-0.2, 0) is 19.9 Å². The molecule has 0 atom stereocenters. The molecule has 3 aromatic rings. The highest BCUT2D eigenvalue weighted by Gasteiger charge is 2.32. The van der Waals surface area contributed by atoms with E-state index in [4.69, 9.17) is 5.73 Å². The summed E-state index contributed by atoms with van der Waals surface area (Å²) >= 11 is 3.22. The number of carbonyl (C=O) groups excluding carboxylic acids is 1. The number of nitrogens with zero attached hydrogens (tertiary/aromatic N) is 4. The molecule has 1 aromatic carbocycles. The number of carbonyl (C=O) groups is 1. The minimum atomic E-state index is -4.85. The molecule has 0 saturated heterocycles. The fourth-order valence-electron chi connectivity index (χ4n) is 3.35. The first-order valence-corrected chi connectivity index (χ1v) is 9.46. The molecule has 156 valence electrons. The summed E-state index contributed by atoms with van der Waals surface area (Å²) in [7, 11) is 1.67. The van der Waals surface area contributed by atoms with E-state index < -0.39 is 18.0 Å². The maximum Gasteiger partial charge on any atom is 0.573 e. The lowest BCUT2D eigenvalue weighted by atomic mass is 9.93. The van der Waals surface area contributed by atoms with Gasteiger partial charge in [-0.05, 0) is 36.6 Å². The molecule has 30 heavy (non-hydrogen) atoms. The van der Waals surface area contributed by atoms with Gasteiger partial charge in [0, 0.05) is 23.3 Å². The Morgan fingerprint density at radius 2 is 2.10 bits per heavy atom. The van der Waals surface area contributed by atoms with E-state index in [2.05, 4.69) is 41.1 Å². The fourth-order valence-corrected chi connectivity index (χ4v) is 3.71. The summed E-state index contributed by atoms with van der Waals surface area (Å²) < 4.78 is 44.3. The predicted octanol–water partition coefficient (Wildman–Crippen LogP) is 3.48. The summed E-state index contributed by atoms with van der Waals surface area (Å²) in [6, 6.07) is 4.02. The number of anilines is 2. The number of aromatic nitrogens is 4. The van der Waals surface area contributed by atoms with Crippen molar-refractivity contribution in [3.63, 3.8) is 0 Å². The molecule has 0 unspecified atom stereocenters. The third-order valence-corrected chi connectivity index (χ3v) is 5.02. The Hall–Kier alpha value is -3.15. The number of halogens is 4. The van der Waals surface area contributed by atoms with Crippen molar-refractivity contribution < 1.29 is 22.7 Å². The number of hydrogen-bond donors (Lipinski definition) is 2. The van der Waals surface area contributed by atoms with Crippen LogP contribution < -0.4 is 15.8 Å². The molecule has 3 N–H and O–H groups in total. The number of ether oxygens (including phenoxy) is 1. The number of fused-ring (bicyclic) bond motifs is 3. The number of aryl methyl sites for hydroxylation is 2. The molecule has 2 heterocycles. The molecular weight excluding hydrogens is 469 g/mol. The average molecular weight is 483 g/mol. The van der Waals surface area contributed by atoms with E-state index in [1.54, 1.807) is 13.2 Å². The molecule has 0 bridgehead atoms. The number of amides is 1. The molecule has 0 fully saturated rings. The van der Waals surface area contributed by atoms with Crippen LogP contribution in [0.5, 0.6) is 5.75 Å². The Morgan fingerprint density at radius 1 is 1.33 bits per heavy atom. The topological polar surface area (TPSA) is 108 Å². The van der Waals surface area contributed by atoms with Crippen LogP contribution in [0.1, 0.15) is 21.6 Å². The molecule has 0 spiro atoms. The number of alkyl halides is 3. The van der Waals surface area contributed by atoms with E-state index in [9.17, 15) is 18.0 Å². The van der Waals surface area contributed by atoms with Gasteiger partial charge in [-0.25, -0.2) is 9.97 Å². The summed E-state index contributed by atoms with van der Waals surface area (Å²) in [5.74, 6) is -0.997. The van der Waals surface area contributed by atoms with Crippen LogP contribution in [0.25, 0.3) is 11.4 Å². The Bertz CT molecular complexity index is 1160. The van der Waals surface area contributed by atoms with Crippen molar-refractivity contribution in [1.82, 2.24) is 19.7 Å². The highest BCUT2D eigenvalue weighted by atomic mass is 79.9. The number of rotatable bonds is 4. The quantitative estimate of drug-likeness (QED) is 0.589. The predicted molar refractivity (Wildman–Crippen MR) is 104 cm³/mol.